The number of hydrogen-bond donors (Lipinski definition) is 1. The molecule has 1 aromatic rings. The summed E-state index contributed by atoms with van der Waals surface area (Å²) in [5.74, 6) is 1.45. The molecule has 1 aromatic carbocycles. The molecule has 4 heteroatoms. The van der Waals surface area contributed by atoms with Crippen molar-refractivity contribution in [2.24, 2.45) is 11.8 Å². The summed E-state index contributed by atoms with van der Waals surface area (Å²) in [4.78, 5) is 14.1. The van der Waals surface area contributed by atoms with E-state index in [1.54, 1.807) is 0 Å². The van der Waals surface area contributed by atoms with Gasteiger partial charge in [-0.2, -0.15) is 0 Å². The van der Waals surface area contributed by atoms with Crippen LogP contribution in [0.5, 0.6) is 0 Å². The van der Waals surface area contributed by atoms with E-state index in [1.807, 2.05) is 35.2 Å². The van der Waals surface area contributed by atoms with Gasteiger partial charge in [0.2, 0.25) is 5.91 Å². The predicted octanol–water partition coefficient (Wildman–Crippen LogP) is 3.02. The van der Waals surface area contributed by atoms with Crippen molar-refractivity contribution in [2.45, 2.75) is 20.3 Å². The molecule has 3 nitrogen and oxygen atoms in total. The minimum atomic E-state index is 0. The quantitative estimate of drug-likeness (QED) is 0.924. The van der Waals surface area contributed by atoms with Crippen LogP contribution in [0.25, 0.3) is 0 Å². The first-order chi connectivity index (χ1) is 8.65. The molecule has 0 radical (unpaired) electrons. The van der Waals surface area contributed by atoms with E-state index in [-0.39, 0.29) is 18.3 Å². The van der Waals surface area contributed by atoms with Crippen LogP contribution in [0.15, 0.2) is 30.3 Å². The maximum absolute atomic E-state index is 12.1. The summed E-state index contributed by atoms with van der Waals surface area (Å²) >= 11 is 0. The fraction of sp³-hybridized carbons (Fsp3) is 0.533. The summed E-state index contributed by atoms with van der Waals surface area (Å²) in [5, 5.41) is 3.18. The van der Waals surface area contributed by atoms with Crippen LogP contribution in [-0.4, -0.2) is 30.4 Å². The summed E-state index contributed by atoms with van der Waals surface area (Å²) in [5.41, 5.74) is 1.00. The lowest BCUT2D eigenvalue weighted by Crippen LogP contribution is -2.44. The number of nitrogens with one attached hydrogen (secondary N) is 1. The van der Waals surface area contributed by atoms with Gasteiger partial charge in [-0.15, -0.1) is 12.4 Å². The molecule has 19 heavy (non-hydrogen) atoms. The SMILES string of the molecule is CC1CC(C)CN(C(=O)CNc2ccccc2)C1.Cl. The number of amides is 1. The molecule has 2 atom stereocenters. The van der Waals surface area contributed by atoms with Gasteiger partial charge in [-0.1, -0.05) is 32.0 Å². The molecular weight excluding hydrogens is 260 g/mol. The fourth-order valence-electron chi connectivity index (χ4n) is 2.71. The first-order valence-electron chi connectivity index (χ1n) is 6.72. The zero-order valence-electron chi connectivity index (χ0n) is 11.6. The van der Waals surface area contributed by atoms with E-state index in [9.17, 15) is 4.79 Å². The van der Waals surface area contributed by atoms with Gasteiger partial charge in [0.05, 0.1) is 6.54 Å². The van der Waals surface area contributed by atoms with E-state index >= 15 is 0 Å². The smallest absolute Gasteiger partial charge is 0.241 e. The van der Waals surface area contributed by atoms with Crippen molar-refractivity contribution in [3.63, 3.8) is 0 Å². The van der Waals surface area contributed by atoms with Crippen molar-refractivity contribution in [3.8, 4) is 0 Å². The highest BCUT2D eigenvalue weighted by atomic mass is 35.5. The van der Waals surface area contributed by atoms with Gasteiger partial charge in [-0.3, -0.25) is 4.79 Å². The lowest BCUT2D eigenvalue weighted by Gasteiger charge is -2.35. The Hall–Kier alpha value is -1.22. The Morgan fingerprint density at radius 2 is 1.79 bits per heavy atom. The highest BCUT2D eigenvalue weighted by Gasteiger charge is 2.24. The molecule has 1 aliphatic heterocycles. The maximum Gasteiger partial charge on any atom is 0.241 e. The van der Waals surface area contributed by atoms with Crippen LogP contribution in [0.3, 0.4) is 0 Å². The van der Waals surface area contributed by atoms with Gasteiger partial charge in [0.1, 0.15) is 0 Å². The number of piperidine rings is 1. The van der Waals surface area contributed by atoms with E-state index < -0.39 is 0 Å². The molecule has 2 rings (SSSR count). The van der Waals surface area contributed by atoms with E-state index in [1.165, 1.54) is 6.42 Å². The highest BCUT2D eigenvalue weighted by molar-refractivity contribution is 5.85. The molecule has 106 valence electrons. The number of halogens is 1. The van der Waals surface area contributed by atoms with Crippen LogP contribution in [0.2, 0.25) is 0 Å². The second-order valence-corrected chi connectivity index (χ2v) is 5.46. The third-order valence-electron chi connectivity index (χ3n) is 3.44. The van der Waals surface area contributed by atoms with Gasteiger partial charge < -0.3 is 10.2 Å². The first-order valence-corrected chi connectivity index (χ1v) is 6.72. The monoisotopic (exact) mass is 282 g/mol. The van der Waals surface area contributed by atoms with Crippen LogP contribution in [0.4, 0.5) is 5.69 Å². The number of carbonyl (C=O) groups is 1. The number of likely N-dealkylation sites (tertiary alicyclic amines) is 1. The van der Waals surface area contributed by atoms with Crippen LogP contribution in [-0.2, 0) is 4.79 Å². The topological polar surface area (TPSA) is 32.3 Å². The van der Waals surface area contributed by atoms with Gasteiger partial charge in [0, 0.05) is 18.8 Å². The molecule has 2 unspecified atom stereocenters. The zero-order chi connectivity index (χ0) is 13.0. The summed E-state index contributed by atoms with van der Waals surface area (Å²) in [6.07, 6.45) is 1.23. The van der Waals surface area contributed by atoms with Crippen LogP contribution in [0.1, 0.15) is 20.3 Å². The molecule has 0 aromatic heterocycles. The molecule has 0 spiro atoms. The largest absolute Gasteiger partial charge is 0.376 e. The number of carbonyl (C=O) groups excluding carboxylic acids is 1. The van der Waals surface area contributed by atoms with Crippen molar-refractivity contribution in [1.82, 2.24) is 4.90 Å². The molecule has 0 bridgehead atoms. The second kappa shape index (κ2) is 7.39. The minimum absolute atomic E-state index is 0. The Bertz CT molecular complexity index is 386. The average Bonchev–Trinajstić information content (AvgIpc) is 2.36. The molecule has 0 saturated carbocycles. The molecule has 1 fully saturated rings. The minimum Gasteiger partial charge on any atom is -0.376 e. The van der Waals surface area contributed by atoms with Crippen molar-refractivity contribution in [2.75, 3.05) is 25.0 Å². The number of rotatable bonds is 3. The lowest BCUT2D eigenvalue weighted by molar-refractivity contribution is -0.131. The summed E-state index contributed by atoms with van der Waals surface area (Å²) < 4.78 is 0. The van der Waals surface area contributed by atoms with E-state index in [0.29, 0.717) is 18.4 Å². The predicted molar refractivity (Wildman–Crippen MR) is 81.7 cm³/mol. The number of anilines is 1. The Balaban J connectivity index is 0.00000180. The highest BCUT2D eigenvalue weighted by Crippen LogP contribution is 2.20. The molecule has 1 heterocycles. The van der Waals surface area contributed by atoms with Gasteiger partial charge in [-0.05, 0) is 30.4 Å². The summed E-state index contributed by atoms with van der Waals surface area (Å²) in [7, 11) is 0. The summed E-state index contributed by atoms with van der Waals surface area (Å²) in [6, 6.07) is 9.88. The third kappa shape index (κ3) is 4.75. The molecule has 0 aliphatic carbocycles. The van der Waals surface area contributed by atoms with Gasteiger partial charge in [0.25, 0.3) is 0 Å². The maximum atomic E-state index is 12.1. The van der Waals surface area contributed by atoms with Crippen LogP contribution >= 0.6 is 12.4 Å². The number of para-hydroxylation sites is 1. The molecular formula is C15H23ClN2O. The third-order valence-corrected chi connectivity index (χ3v) is 3.44. The van der Waals surface area contributed by atoms with E-state index in [2.05, 4.69) is 19.2 Å². The Labute approximate surface area is 121 Å². The molecule has 1 saturated heterocycles. The van der Waals surface area contributed by atoms with Crippen LogP contribution < -0.4 is 5.32 Å². The molecule has 1 N–H and O–H groups in total. The number of hydrogen-bond acceptors (Lipinski definition) is 2. The lowest BCUT2D eigenvalue weighted by atomic mass is 9.92. The van der Waals surface area contributed by atoms with Gasteiger partial charge >= 0.3 is 0 Å². The zero-order valence-corrected chi connectivity index (χ0v) is 12.5. The van der Waals surface area contributed by atoms with Gasteiger partial charge in [-0.25, -0.2) is 0 Å². The Morgan fingerprint density at radius 3 is 2.37 bits per heavy atom. The van der Waals surface area contributed by atoms with E-state index in [0.717, 1.165) is 18.8 Å². The van der Waals surface area contributed by atoms with Crippen LogP contribution in [0, 0.1) is 11.8 Å². The summed E-state index contributed by atoms with van der Waals surface area (Å²) in [6.45, 7) is 6.64. The Morgan fingerprint density at radius 1 is 1.21 bits per heavy atom. The van der Waals surface area contributed by atoms with Crippen molar-refractivity contribution < 1.29 is 4.79 Å². The number of nitrogens with zero attached hydrogens (tertiary/aromatic N) is 1. The fourth-order valence-corrected chi connectivity index (χ4v) is 2.71. The molecule has 1 amide bonds. The molecule has 1 aliphatic rings. The normalized spacial score (nSPS) is 22.5. The average molecular weight is 283 g/mol. The van der Waals surface area contributed by atoms with Crippen molar-refractivity contribution in [3.05, 3.63) is 30.3 Å². The second-order valence-electron chi connectivity index (χ2n) is 5.46. The first kappa shape index (κ1) is 15.8. The van der Waals surface area contributed by atoms with Gasteiger partial charge in [0.15, 0.2) is 0 Å². The van der Waals surface area contributed by atoms with Crippen molar-refractivity contribution in [1.29, 1.82) is 0 Å². The Kier molecular flexibility index (Phi) is 6.16. The standard InChI is InChI=1S/C15H22N2O.ClH/c1-12-8-13(2)11-17(10-12)15(18)9-16-14-6-4-3-5-7-14;/h3-7,12-13,16H,8-11H2,1-2H3;1H. The van der Waals surface area contributed by atoms with Crippen molar-refractivity contribution >= 4 is 24.0 Å². The number of benzene rings is 1. The van der Waals surface area contributed by atoms with E-state index in [4.69, 9.17) is 0 Å².